The van der Waals surface area contributed by atoms with Crippen molar-refractivity contribution < 1.29 is 27.4 Å². The lowest BCUT2D eigenvalue weighted by Crippen LogP contribution is -2.39. The van der Waals surface area contributed by atoms with E-state index in [1.165, 1.54) is 4.31 Å². The van der Waals surface area contributed by atoms with E-state index in [0.717, 1.165) is 11.8 Å². The fourth-order valence-electron chi connectivity index (χ4n) is 3.34. The molecule has 1 aliphatic heterocycles. The normalized spacial score (nSPS) is 16.2. The van der Waals surface area contributed by atoms with Gasteiger partial charge in [-0.2, -0.15) is 0 Å². The number of anilines is 1. The molecule has 9 heteroatoms. The molecule has 0 radical (unpaired) electrons. The Bertz CT molecular complexity index is 1040. The third kappa shape index (κ3) is 5.61. The molecule has 3 rings (SSSR count). The van der Waals surface area contributed by atoms with Crippen LogP contribution in [-0.2, 0) is 21.4 Å². The Morgan fingerprint density at radius 3 is 2.65 bits per heavy atom. The number of carbonyl (C=O) groups is 1. The molecule has 0 aromatic heterocycles. The molecule has 31 heavy (non-hydrogen) atoms. The van der Waals surface area contributed by atoms with Gasteiger partial charge in [-0.3, -0.25) is 9.10 Å². The number of amides is 1. The molecule has 168 valence electrons. The number of hydrogen-bond donors (Lipinski definition) is 1. The Hall–Kier alpha value is -2.94. The molecular formula is C22H28N2O6S. The molecule has 1 aliphatic rings. The Morgan fingerprint density at radius 2 is 1.97 bits per heavy atom. The highest BCUT2D eigenvalue weighted by Crippen LogP contribution is 2.34. The molecule has 0 saturated heterocycles. The van der Waals surface area contributed by atoms with Gasteiger partial charge in [-0.25, -0.2) is 8.42 Å². The first-order valence-electron chi connectivity index (χ1n) is 10.0. The zero-order chi connectivity index (χ0) is 22.6. The number of carbonyl (C=O) groups excluding carboxylic acids is 1. The predicted octanol–water partition coefficient (Wildman–Crippen LogP) is 2.72. The quantitative estimate of drug-likeness (QED) is 0.700. The molecule has 0 unspecified atom stereocenters. The lowest BCUT2D eigenvalue weighted by molar-refractivity contribution is -0.128. The second kappa shape index (κ2) is 9.47. The van der Waals surface area contributed by atoms with E-state index in [1.807, 2.05) is 32.0 Å². The maximum absolute atomic E-state index is 12.8. The molecule has 1 atom stereocenters. The SMILES string of the molecule is COc1cc(CNC(=O)[C@H]2CCN(S(C)(=O)=O)c3ccccc3O2)ccc1OC(C)C. The van der Waals surface area contributed by atoms with E-state index < -0.39 is 16.1 Å². The first-order chi connectivity index (χ1) is 14.7. The lowest BCUT2D eigenvalue weighted by atomic mass is 10.2. The van der Waals surface area contributed by atoms with E-state index in [-0.39, 0.29) is 31.5 Å². The minimum absolute atomic E-state index is 0.0150. The summed E-state index contributed by atoms with van der Waals surface area (Å²) in [6.45, 7) is 4.30. The van der Waals surface area contributed by atoms with Crippen molar-refractivity contribution in [2.75, 3.05) is 24.2 Å². The van der Waals surface area contributed by atoms with Crippen LogP contribution in [0.25, 0.3) is 0 Å². The highest BCUT2D eigenvalue weighted by atomic mass is 32.2. The van der Waals surface area contributed by atoms with Gasteiger partial charge in [0.15, 0.2) is 17.6 Å². The van der Waals surface area contributed by atoms with Gasteiger partial charge in [-0.15, -0.1) is 0 Å². The highest BCUT2D eigenvalue weighted by Gasteiger charge is 2.30. The number of methoxy groups -OCH3 is 1. The van der Waals surface area contributed by atoms with Crippen LogP contribution in [-0.4, -0.2) is 46.4 Å². The van der Waals surface area contributed by atoms with Crippen LogP contribution in [0.5, 0.6) is 17.2 Å². The summed E-state index contributed by atoms with van der Waals surface area (Å²) in [4.78, 5) is 12.8. The van der Waals surface area contributed by atoms with Crippen LogP contribution in [0.3, 0.4) is 0 Å². The summed E-state index contributed by atoms with van der Waals surface area (Å²) in [5, 5.41) is 2.86. The van der Waals surface area contributed by atoms with E-state index in [9.17, 15) is 13.2 Å². The monoisotopic (exact) mass is 448 g/mol. The second-order valence-corrected chi connectivity index (χ2v) is 9.47. The molecule has 0 spiro atoms. The van der Waals surface area contributed by atoms with Crippen molar-refractivity contribution in [3.8, 4) is 17.2 Å². The van der Waals surface area contributed by atoms with Crippen LogP contribution >= 0.6 is 0 Å². The van der Waals surface area contributed by atoms with Crippen molar-refractivity contribution in [1.82, 2.24) is 5.32 Å². The summed E-state index contributed by atoms with van der Waals surface area (Å²) in [5.41, 5.74) is 1.28. The van der Waals surface area contributed by atoms with Crippen LogP contribution in [0.15, 0.2) is 42.5 Å². The number of ether oxygens (including phenoxy) is 3. The topological polar surface area (TPSA) is 94.2 Å². The number of fused-ring (bicyclic) bond motifs is 1. The summed E-state index contributed by atoms with van der Waals surface area (Å²) in [5.74, 6) is 1.27. The van der Waals surface area contributed by atoms with E-state index in [1.54, 1.807) is 31.4 Å². The molecule has 8 nitrogen and oxygen atoms in total. The van der Waals surface area contributed by atoms with E-state index in [0.29, 0.717) is 22.9 Å². The van der Waals surface area contributed by atoms with Gasteiger partial charge in [0, 0.05) is 19.5 Å². The van der Waals surface area contributed by atoms with Crippen molar-refractivity contribution in [1.29, 1.82) is 0 Å². The van der Waals surface area contributed by atoms with Crippen LogP contribution in [0, 0.1) is 0 Å². The summed E-state index contributed by atoms with van der Waals surface area (Å²) >= 11 is 0. The predicted molar refractivity (Wildman–Crippen MR) is 118 cm³/mol. The molecular weight excluding hydrogens is 420 g/mol. The maximum atomic E-state index is 12.8. The summed E-state index contributed by atoms with van der Waals surface area (Å²) in [7, 11) is -1.93. The van der Waals surface area contributed by atoms with Crippen molar-refractivity contribution in [2.45, 2.75) is 39.0 Å². The Kier molecular flexibility index (Phi) is 6.94. The first-order valence-corrected chi connectivity index (χ1v) is 11.9. The molecule has 2 aromatic carbocycles. The van der Waals surface area contributed by atoms with Gasteiger partial charge in [-0.1, -0.05) is 18.2 Å². The second-order valence-electron chi connectivity index (χ2n) is 7.57. The van der Waals surface area contributed by atoms with Gasteiger partial charge in [0.2, 0.25) is 10.0 Å². The zero-order valence-corrected chi connectivity index (χ0v) is 18.9. The van der Waals surface area contributed by atoms with E-state index >= 15 is 0 Å². The van der Waals surface area contributed by atoms with E-state index in [2.05, 4.69) is 5.32 Å². The van der Waals surface area contributed by atoms with Crippen molar-refractivity contribution in [3.63, 3.8) is 0 Å². The molecule has 2 aromatic rings. The molecule has 1 heterocycles. The third-order valence-corrected chi connectivity index (χ3v) is 5.93. The number of nitrogens with zero attached hydrogens (tertiary/aromatic N) is 1. The number of para-hydroxylation sites is 2. The minimum Gasteiger partial charge on any atom is -0.493 e. The first kappa shape index (κ1) is 22.7. The fourth-order valence-corrected chi connectivity index (χ4v) is 4.28. The van der Waals surface area contributed by atoms with Crippen molar-refractivity contribution >= 4 is 21.6 Å². The van der Waals surface area contributed by atoms with Crippen LogP contribution in [0.4, 0.5) is 5.69 Å². The Morgan fingerprint density at radius 1 is 1.23 bits per heavy atom. The van der Waals surface area contributed by atoms with Crippen molar-refractivity contribution in [3.05, 3.63) is 48.0 Å². The zero-order valence-electron chi connectivity index (χ0n) is 18.1. The molecule has 0 fully saturated rings. The Labute approximate surface area is 183 Å². The molecule has 0 aliphatic carbocycles. The van der Waals surface area contributed by atoms with E-state index in [4.69, 9.17) is 14.2 Å². The molecule has 0 bridgehead atoms. The summed E-state index contributed by atoms with van der Waals surface area (Å²) < 4.78 is 42.6. The average Bonchev–Trinajstić information content (AvgIpc) is 2.92. The fraction of sp³-hybridized carbons (Fsp3) is 0.409. The number of sulfonamides is 1. The standard InChI is InChI=1S/C22H28N2O6S/c1-15(2)29-19-10-9-16(13-21(19)28-3)14-23-22(25)20-11-12-24(31(4,26)27)17-7-5-6-8-18(17)30-20/h5-10,13,15,20H,11-12,14H2,1-4H3,(H,23,25)/t20-/m1/s1. The number of hydrogen-bond acceptors (Lipinski definition) is 6. The van der Waals surface area contributed by atoms with Gasteiger partial charge in [0.1, 0.15) is 5.75 Å². The van der Waals surface area contributed by atoms with Crippen molar-refractivity contribution in [2.24, 2.45) is 0 Å². The molecule has 0 saturated carbocycles. The van der Waals surface area contributed by atoms with Gasteiger partial charge in [-0.05, 0) is 43.7 Å². The summed E-state index contributed by atoms with van der Waals surface area (Å²) in [6, 6.07) is 12.3. The number of rotatable bonds is 7. The van der Waals surface area contributed by atoms with Crippen LogP contribution in [0.2, 0.25) is 0 Å². The highest BCUT2D eigenvalue weighted by molar-refractivity contribution is 7.92. The van der Waals surface area contributed by atoms with Crippen LogP contribution in [0.1, 0.15) is 25.8 Å². The smallest absolute Gasteiger partial charge is 0.261 e. The minimum atomic E-state index is -3.49. The van der Waals surface area contributed by atoms with Gasteiger partial charge in [0.25, 0.3) is 5.91 Å². The number of benzene rings is 2. The van der Waals surface area contributed by atoms with Gasteiger partial charge >= 0.3 is 0 Å². The van der Waals surface area contributed by atoms with Crippen LogP contribution < -0.4 is 23.8 Å². The van der Waals surface area contributed by atoms with Gasteiger partial charge < -0.3 is 19.5 Å². The largest absolute Gasteiger partial charge is 0.493 e. The maximum Gasteiger partial charge on any atom is 0.261 e. The lowest BCUT2D eigenvalue weighted by Gasteiger charge is -2.20. The third-order valence-electron chi connectivity index (χ3n) is 4.75. The average molecular weight is 449 g/mol. The Balaban J connectivity index is 1.70. The van der Waals surface area contributed by atoms with Gasteiger partial charge in [0.05, 0.1) is 25.2 Å². The molecule has 1 N–H and O–H groups in total. The summed E-state index contributed by atoms with van der Waals surface area (Å²) in [6.07, 6.45) is 0.585. The number of nitrogens with one attached hydrogen (secondary N) is 1. The molecule has 1 amide bonds.